The molecular formula is C15H20N2O4S. The maximum atomic E-state index is 11.3. The Morgan fingerprint density at radius 3 is 2.55 bits per heavy atom. The van der Waals surface area contributed by atoms with Crippen molar-refractivity contribution in [3.63, 3.8) is 0 Å². The number of likely N-dealkylation sites (tertiary alicyclic amines) is 1. The fourth-order valence-electron chi connectivity index (χ4n) is 3.41. The van der Waals surface area contributed by atoms with Crippen molar-refractivity contribution in [2.75, 3.05) is 0 Å². The first-order valence-corrected chi connectivity index (χ1v) is 8.21. The molecule has 3 atom stereocenters. The van der Waals surface area contributed by atoms with E-state index in [1.807, 2.05) is 5.38 Å². The molecule has 1 aliphatic heterocycles. The molecule has 1 aliphatic carbocycles. The monoisotopic (exact) mass is 324 g/mol. The fraction of sp³-hybridized carbons (Fsp3) is 0.667. The molecule has 1 saturated heterocycles. The summed E-state index contributed by atoms with van der Waals surface area (Å²) >= 11 is 1.58. The summed E-state index contributed by atoms with van der Waals surface area (Å²) in [5.41, 5.74) is 0.792. The van der Waals surface area contributed by atoms with Crippen LogP contribution in [0.5, 0.6) is 0 Å². The molecule has 2 N–H and O–H groups in total. The third-order valence-corrected chi connectivity index (χ3v) is 5.60. The largest absolute Gasteiger partial charge is 0.480 e. The first-order chi connectivity index (χ1) is 10.1. The number of aliphatic carboxylic acids is 1. The molecule has 0 unspecified atom stereocenters. The predicted molar refractivity (Wildman–Crippen MR) is 81.3 cm³/mol. The van der Waals surface area contributed by atoms with Crippen LogP contribution in [0, 0.1) is 5.41 Å². The van der Waals surface area contributed by atoms with Gasteiger partial charge in [0.2, 0.25) is 0 Å². The third-order valence-electron chi connectivity index (χ3n) is 4.75. The second kappa shape index (κ2) is 4.68. The zero-order chi connectivity index (χ0) is 16.3. The number of hydrogen-bond donors (Lipinski definition) is 2. The number of carboxylic acids is 1. The standard InChI is InChI=1S/C15H20N2O4S/c1-14(2,3)9-7-22-11(16-9)6-15-4-8(12(18)19)17(13(20)21)10(15)5-15/h7-8,10H,4-6H2,1-3H3,(H,18,19)(H,20,21)/t8-,10+,15-/m0/s1. The Hall–Kier alpha value is -1.63. The predicted octanol–water partition coefficient (Wildman–Crippen LogP) is 2.58. The normalized spacial score (nSPS) is 30.2. The Kier molecular flexibility index (Phi) is 3.25. The van der Waals surface area contributed by atoms with Gasteiger partial charge >= 0.3 is 12.1 Å². The number of carboxylic acid groups (broad SMARTS) is 2. The molecule has 0 aromatic carbocycles. The van der Waals surface area contributed by atoms with Crippen LogP contribution < -0.4 is 0 Å². The second-order valence-electron chi connectivity index (χ2n) is 7.38. The maximum absolute atomic E-state index is 11.3. The van der Waals surface area contributed by atoms with Crippen molar-refractivity contribution in [1.82, 2.24) is 9.88 Å². The van der Waals surface area contributed by atoms with E-state index in [2.05, 4.69) is 25.8 Å². The summed E-state index contributed by atoms with van der Waals surface area (Å²) in [4.78, 5) is 28.4. The molecule has 0 radical (unpaired) electrons. The average molecular weight is 324 g/mol. The highest BCUT2D eigenvalue weighted by Gasteiger charge is 2.67. The summed E-state index contributed by atoms with van der Waals surface area (Å²) in [5.74, 6) is -1.05. The van der Waals surface area contributed by atoms with Crippen LogP contribution in [-0.4, -0.2) is 44.2 Å². The Balaban J connectivity index is 1.78. The number of rotatable bonds is 3. The molecule has 22 heavy (non-hydrogen) atoms. The minimum atomic E-state index is -1.13. The zero-order valence-corrected chi connectivity index (χ0v) is 13.7. The SMILES string of the molecule is CC(C)(C)c1csc(C[C@@]23C[C@@H](C(=O)O)N(C(=O)O)[C@@H]2C3)n1. The molecule has 120 valence electrons. The molecule has 2 heterocycles. The van der Waals surface area contributed by atoms with Crippen LogP contribution in [0.25, 0.3) is 0 Å². The summed E-state index contributed by atoms with van der Waals surface area (Å²) in [5, 5.41) is 21.5. The Bertz CT molecular complexity index is 636. The number of hydrogen-bond acceptors (Lipinski definition) is 4. The minimum Gasteiger partial charge on any atom is -0.480 e. The molecule has 6 nitrogen and oxygen atoms in total. The highest BCUT2D eigenvalue weighted by Crippen LogP contribution is 2.61. The summed E-state index contributed by atoms with van der Waals surface area (Å²) in [6.07, 6.45) is 0.676. The van der Waals surface area contributed by atoms with Crippen LogP contribution in [0.2, 0.25) is 0 Å². The van der Waals surface area contributed by atoms with Gasteiger partial charge < -0.3 is 10.2 Å². The number of piperidine rings is 1. The van der Waals surface area contributed by atoms with Gasteiger partial charge in [-0.25, -0.2) is 14.6 Å². The Morgan fingerprint density at radius 2 is 2.09 bits per heavy atom. The molecule has 1 amide bonds. The summed E-state index contributed by atoms with van der Waals surface area (Å²) < 4.78 is 0. The molecule has 2 fully saturated rings. The number of carbonyl (C=O) groups is 2. The van der Waals surface area contributed by atoms with Crippen molar-refractivity contribution in [2.24, 2.45) is 5.41 Å². The number of fused-ring (bicyclic) bond motifs is 1. The fourth-order valence-corrected chi connectivity index (χ4v) is 4.59. The summed E-state index contributed by atoms with van der Waals surface area (Å²) in [7, 11) is 0. The molecule has 1 aromatic rings. The van der Waals surface area contributed by atoms with Crippen LogP contribution in [0.3, 0.4) is 0 Å². The van der Waals surface area contributed by atoms with Gasteiger partial charge in [-0.2, -0.15) is 0 Å². The van der Waals surface area contributed by atoms with Gasteiger partial charge in [-0.05, 0) is 12.8 Å². The molecule has 1 aromatic heterocycles. The number of nitrogens with zero attached hydrogens (tertiary/aromatic N) is 2. The summed E-state index contributed by atoms with van der Waals surface area (Å²) in [6, 6.07) is -1.09. The van der Waals surface area contributed by atoms with Crippen LogP contribution in [0.15, 0.2) is 5.38 Å². The van der Waals surface area contributed by atoms with E-state index < -0.39 is 18.1 Å². The van der Waals surface area contributed by atoms with Crippen LogP contribution >= 0.6 is 11.3 Å². The van der Waals surface area contributed by atoms with E-state index in [1.54, 1.807) is 11.3 Å². The maximum Gasteiger partial charge on any atom is 0.408 e. The molecule has 7 heteroatoms. The van der Waals surface area contributed by atoms with E-state index in [0.717, 1.165) is 22.0 Å². The average Bonchev–Trinajstić information content (AvgIpc) is 2.77. The number of amides is 1. The first kappa shape index (κ1) is 15.3. The van der Waals surface area contributed by atoms with Crippen molar-refractivity contribution >= 4 is 23.4 Å². The zero-order valence-electron chi connectivity index (χ0n) is 12.9. The van der Waals surface area contributed by atoms with Gasteiger partial charge in [-0.3, -0.25) is 4.90 Å². The van der Waals surface area contributed by atoms with Crippen LogP contribution in [0.1, 0.15) is 44.3 Å². The second-order valence-corrected chi connectivity index (χ2v) is 8.33. The van der Waals surface area contributed by atoms with E-state index >= 15 is 0 Å². The van der Waals surface area contributed by atoms with Gasteiger partial charge in [0, 0.05) is 28.7 Å². The van der Waals surface area contributed by atoms with Gasteiger partial charge in [-0.15, -0.1) is 11.3 Å². The van der Waals surface area contributed by atoms with Gasteiger partial charge in [-0.1, -0.05) is 20.8 Å². The van der Waals surface area contributed by atoms with Gasteiger partial charge in [0.05, 0.1) is 10.7 Å². The van der Waals surface area contributed by atoms with Crippen molar-refractivity contribution in [2.45, 2.75) is 57.5 Å². The van der Waals surface area contributed by atoms with Crippen LogP contribution in [0.4, 0.5) is 4.79 Å². The molecule has 0 bridgehead atoms. The molecule has 3 rings (SSSR count). The lowest BCUT2D eigenvalue weighted by Crippen LogP contribution is -2.42. The molecule has 0 spiro atoms. The van der Waals surface area contributed by atoms with E-state index in [-0.39, 0.29) is 16.9 Å². The van der Waals surface area contributed by atoms with Crippen molar-refractivity contribution in [3.8, 4) is 0 Å². The van der Waals surface area contributed by atoms with E-state index in [1.165, 1.54) is 0 Å². The molecule has 1 saturated carbocycles. The van der Waals surface area contributed by atoms with E-state index in [4.69, 9.17) is 0 Å². The lowest BCUT2D eigenvalue weighted by atomic mass is 9.93. The summed E-state index contributed by atoms with van der Waals surface area (Å²) in [6.45, 7) is 6.31. The first-order valence-electron chi connectivity index (χ1n) is 7.33. The van der Waals surface area contributed by atoms with E-state index in [9.17, 15) is 19.8 Å². The minimum absolute atomic E-state index is 0.0122. The Labute approximate surface area is 132 Å². The highest BCUT2D eigenvalue weighted by molar-refractivity contribution is 7.09. The van der Waals surface area contributed by atoms with Crippen molar-refractivity contribution < 1.29 is 19.8 Å². The van der Waals surface area contributed by atoms with E-state index in [0.29, 0.717) is 12.8 Å². The smallest absolute Gasteiger partial charge is 0.408 e. The molecule has 2 aliphatic rings. The van der Waals surface area contributed by atoms with Crippen LogP contribution in [-0.2, 0) is 16.6 Å². The quantitative estimate of drug-likeness (QED) is 0.892. The Morgan fingerprint density at radius 1 is 1.41 bits per heavy atom. The number of thiazole rings is 1. The third kappa shape index (κ3) is 2.37. The molecular weight excluding hydrogens is 304 g/mol. The van der Waals surface area contributed by atoms with Gasteiger partial charge in [0.25, 0.3) is 0 Å². The highest BCUT2D eigenvalue weighted by atomic mass is 32.1. The lowest BCUT2D eigenvalue weighted by molar-refractivity contribution is -0.142. The number of aromatic nitrogens is 1. The van der Waals surface area contributed by atoms with Crippen molar-refractivity contribution in [1.29, 1.82) is 0 Å². The van der Waals surface area contributed by atoms with Gasteiger partial charge in [0.1, 0.15) is 6.04 Å². The lowest BCUT2D eigenvalue weighted by Gasteiger charge is -2.20. The van der Waals surface area contributed by atoms with Crippen molar-refractivity contribution in [3.05, 3.63) is 16.1 Å². The topological polar surface area (TPSA) is 90.7 Å². The van der Waals surface area contributed by atoms with Gasteiger partial charge in [0.15, 0.2) is 0 Å².